The quantitative estimate of drug-likeness (QED) is 0.767. The lowest BCUT2D eigenvalue weighted by atomic mass is 10.1. The molecule has 10 heteroatoms. The zero-order chi connectivity index (χ0) is 21.3. The van der Waals surface area contributed by atoms with E-state index in [0.717, 1.165) is 55.7 Å². The third kappa shape index (κ3) is 4.81. The van der Waals surface area contributed by atoms with E-state index in [0.29, 0.717) is 25.1 Å². The van der Waals surface area contributed by atoms with E-state index in [1.165, 1.54) is 10.6 Å². The van der Waals surface area contributed by atoms with Gasteiger partial charge in [0.2, 0.25) is 16.0 Å². The Kier molecular flexibility index (Phi) is 6.08. The first-order valence-electron chi connectivity index (χ1n) is 10.6. The van der Waals surface area contributed by atoms with Crippen LogP contribution in [0.15, 0.2) is 18.5 Å². The van der Waals surface area contributed by atoms with Gasteiger partial charge in [-0.05, 0) is 58.8 Å². The Labute approximate surface area is 178 Å². The Morgan fingerprint density at radius 3 is 2.47 bits per heavy atom. The van der Waals surface area contributed by atoms with Gasteiger partial charge in [-0.2, -0.15) is 5.10 Å². The fourth-order valence-electron chi connectivity index (χ4n) is 4.27. The Balaban J connectivity index is 1.44. The van der Waals surface area contributed by atoms with Gasteiger partial charge in [-0.25, -0.2) is 22.7 Å². The summed E-state index contributed by atoms with van der Waals surface area (Å²) in [5, 5.41) is 8.15. The van der Waals surface area contributed by atoms with Crippen LogP contribution in [-0.2, 0) is 10.0 Å². The van der Waals surface area contributed by atoms with Crippen molar-refractivity contribution in [3.05, 3.63) is 24.2 Å². The molecule has 30 heavy (non-hydrogen) atoms. The second-order valence-corrected chi connectivity index (χ2v) is 10.5. The molecule has 1 N–H and O–H groups in total. The summed E-state index contributed by atoms with van der Waals surface area (Å²) in [6.45, 7) is 5.27. The van der Waals surface area contributed by atoms with Gasteiger partial charge in [-0.3, -0.25) is 4.68 Å². The van der Waals surface area contributed by atoms with Gasteiger partial charge in [0.1, 0.15) is 0 Å². The summed E-state index contributed by atoms with van der Waals surface area (Å²) in [7, 11) is -0.954. The van der Waals surface area contributed by atoms with Crippen LogP contribution in [0.5, 0.6) is 0 Å². The van der Waals surface area contributed by atoms with Crippen molar-refractivity contribution in [1.82, 2.24) is 29.0 Å². The lowest BCUT2D eigenvalue weighted by molar-refractivity contribution is 0.212. The van der Waals surface area contributed by atoms with Crippen molar-refractivity contribution in [3.63, 3.8) is 0 Å². The number of hydrogen-bond donors (Lipinski definition) is 1. The SMILES string of the molecule is Cc1nn(C2CCN(C)CC2)cc1-c1ccnc(NC2CCN(S(C)(=O)=O)CC2)n1. The molecule has 2 fully saturated rings. The smallest absolute Gasteiger partial charge is 0.223 e. The highest BCUT2D eigenvalue weighted by molar-refractivity contribution is 7.88. The highest BCUT2D eigenvalue weighted by Gasteiger charge is 2.25. The molecule has 0 atom stereocenters. The Morgan fingerprint density at radius 2 is 1.80 bits per heavy atom. The fraction of sp³-hybridized carbons (Fsp3) is 0.650. The molecule has 2 aliphatic heterocycles. The molecule has 0 radical (unpaired) electrons. The van der Waals surface area contributed by atoms with Crippen molar-refractivity contribution < 1.29 is 8.42 Å². The third-order valence-electron chi connectivity index (χ3n) is 6.17. The number of sulfonamides is 1. The summed E-state index contributed by atoms with van der Waals surface area (Å²) < 4.78 is 27.0. The van der Waals surface area contributed by atoms with E-state index < -0.39 is 10.0 Å². The third-order valence-corrected chi connectivity index (χ3v) is 7.47. The van der Waals surface area contributed by atoms with Crippen LogP contribution in [0.3, 0.4) is 0 Å². The molecule has 0 amide bonds. The van der Waals surface area contributed by atoms with E-state index >= 15 is 0 Å². The van der Waals surface area contributed by atoms with Gasteiger partial charge in [0, 0.05) is 37.1 Å². The second-order valence-electron chi connectivity index (χ2n) is 8.49. The van der Waals surface area contributed by atoms with Gasteiger partial charge in [-0.15, -0.1) is 0 Å². The maximum Gasteiger partial charge on any atom is 0.223 e. The molecule has 0 spiro atoms. The molecule has 0 unspecified atom stereocenters. The first-order valence-corrected chi connectivity index (χ1v) is 12.4. The van der Waals surface area contributed by atoms with Crippen LogP contribution >= 0.6 is 0 Å². The molecule has 0 saturated carbocycles. The summed E-state index contributed by atoms with van der Waals surface area (Å²) in [5.41, 5.74) is 2.86. The van der Waals surface area contributed by atoms with Crippen LogP contribution in [0.4, 0.5) is 5.95 Å². The number of nitrogens with zero attached hydrogens (tertiary/aromatic N) is 6. The van der Waals surface area contributed by atoms with Crippen LogP contribution in [-0.4, -0.2) is 82.9 Å². The van der Waals surface area contributed by atoms with Crippen molar-refractivity contribution in [3.8, 4) is 11.3 Å². The average Bonchev–Trinajstić information content (AvgIpc) is 3.10. The maximum absolute atomic E-state index is 11.7. The Hall–Kier alpha value is -2.04. The van der Waals surface area contributed by atoms with Gasteiger partial charge >= 0.3 is 0 Å². The van der Waals surface area contributed by atoms with E-state index in [1.54, 1.807) is 6.20 Å². The van der Waals surface area contributed by atoms with Gasteiger partial charge in [0.25, 0.3) is 0 Å². The van der Waals surface area contributed by atoms with E-state index in [1.807, 2.05) is 13.0 Å². The van der Waals surface area contributed by atoms with E-state index in [-0.39, 0.29) is 6.04 Å². The number of aromatic nitrogens is 4. The van der Waals surface area contributed by atoms with E-state index in [2.05, 4.69) is 33.1 Å². The summed E-state index contributed by atoms with van der Waals surface area (Å²) in [4.78, 5) is 11.5. The van der Waals surface area contributed by atoms with Crippen molar-refractivity contribution in [2.45, 2.75) is 44.7 Å². The molecule has 4 heterocycles. The summed E-state index contributed by atoms with van der Waals surface area (Å²) in [6.07, 6.45) is 8.85. The molecule has 4 rings (SSSR count). The Morgan fingerprint density at radius 1 is 1.10 bits per heavy atom. The van der Waals surface area contributed by atoms with Crippen molar-refractivity contribution >= 4 is 16.0 Å². The first-order chi connectivity index (χ1) is 14.3. The molecule has 0 aromatic carbocycles. The lowest BCUT2D eigenvalue weighted by Gasteiger charge is -2.30. The van der Waals surface area contributed by atoms with Gasteiger partial charge < -0.3 is 10.2 Å². The molecule has 2 aromatic rings. The molecule has 164 valence electrons. The van der Waals surface area contributed by atoms with Crippen LogP contribution in [0.25, 0.3) is 11.3 Å². The Bertz CT molecular complexity index is 975. The predicted octanol–water partition coefficient (Wildman–Crippen LogP) is 1.75. The van der Waals surface area contributed by atoms with Crippen LogP contribution in [0.2, 0.25) is 0 Å². The van der Waals surface area contributed by atoms with Gasteiger partial charge in [-0.1, -0.05) is 0 Å². The minimum Gasteiger partial charge on any atom is -0.351 e. The molecule has 2 aromatic heterocycles. The maximum atomic E-state index is 11.7. The standard InChI is InChI=1S/C20H31N7O2S/c1-15-18(14-27(24-15)17-7-10-25(2)11-8-17)19-4-9-21-20(23-19)22-16-5-12-26(13-6-16)30(3,28)29/h4,9,14,16-17H,5-8,10-13H2,1-3H3,(H,21,22,23). The number of anilines is 1. The monoisotopic (exact) mass is 433 g/mol. The zero-order valence-corrected chi connectivity index (χ0v) is 18.8. The number of aryl methyl sites for hydroxylation is 1. The van der Waals surface area contributed by atoms with Crippen molar-refractivity contribution in [1.29, 1.82) is 0 Å². The van der Waals surface area contributed by atoms with Gasteiger partial charge in [0.05, 0.1) is 23.7 Å². The molecular weight excluding hydrogens is 402 g/mol. The zero-order valence-electron chi connectivity index (χ0n) is 18.0. The highest BCUT2D eigenvalue weighted by atomic mass is 32.2. The van der Waals surface area contributed by atoms with E-state index in [4.69, 9.17) is 10.1 Å². The number of likely N-dealkylation sites (tertiary alicyclic amines) is 1. The summed E-state index contributed by atoms with van der Waals surface area (Å²) >= 11 is 0. The number of piperidine rings is 2. The fourth-order valence-corrected chi connectivity index (χ4v) is 5.15. The molecule has 0 bridgehead atoms. The number of rotatable bonds is 5. The number of nitrogens with one attached hydrogen (secondary N) is 1. The molecule has 2 saturated heterocycles. The minimum atomic E-state index is -3.12. The lowest BCUT2D eigenvalue weighted by Crippen LogP contribution is -2.42. The molecular formula is C20H31N7O2S. The van der Waals surface area contributed by atoms with Crippen molar-refractivity contribution in [2.75, 3.05) is 44.8 Å². The van der Waals surface area contributed by atoms with Crippen molar-refractivity contribution in [2.24, 2.45) is 0 Å². The normalized spacial score (nSPS) is 20.5. The second kappa shape index (κ2) is 8.60. The molecule has 9 nitrogen and oxygen atoms in total. The topological polar surface area (TPSA) is 96.3 Å². The highest BCUT2D eigenvalue weighted by Crippen LogP contribution is 2.27. The average molecular weight is 434 g/mol. The summed E-state index contributed by atoms with van der Waals surface area (Å²) in [6, 6.07) is 2.52. The van der Waals surface area contributed by atoms with Crippen LogP contribution in [0, 0.1) is 6.92 Å². The summed E-state index contributed by atoms with van der Waals surface area (Å²) in [5.74, 6) is 0.580. The molecule has 0 aliphatic carbocycles. The first kappa shape index (κ1) is 21.2. The number of hydrogen-bond acceptors (Lipinski definition) is 7. The largest absolute Gasteiger partial charge is 0.351 e. The van der Waals surface area contributed by atoms with Crippen LogP contribution < -0.4 is 5.32 Å². The molecule has 2 aliphatic rings. The van der Waals surface area contributed by atoms with Gasteiger partial charge in [0.15, 0.2) is 0 Å². The predicted molar refractivity (Wildman–Crippen MR) is 117 cm³/mol. The minimum absolute atomic E-state index is 0.168. The van der Waals surface area contributed by atoms with Crippen LogP contribution in [0.1, 0.15) is 37.4 Å². The van der Waals surface area contributed by atoms with E-state index in [9.17, 15) is 8.42 Å².